The second kappa shape index (κ2) is 8.14. The summed E-state index contributed by atoms with van der Waals surface area (Å²) >= 11 is 0. The summed E-state index contributed by atoms with van der Waals surface area (Å²) in [6.07, 6.45) is 0.0900. The molecule has 0 amide bonds. The Morgan fingerprint density at radius 1 is 1.29 bits per heavy atom. The fraction of sp³-hybridized carbons (Fsp3) is 0.467. The summed E-state index contributed by atoms with van der Waals surface area (Å²) in [4.78, 5) is 33.6. The lowest BCUT2D eigenvalue weighted by atomic mass is 9.85. The standard InChI is InChI=1S/C15H19NO5/c1-11(17)10-13(12-6-4-3-5-7-12)14(16(19)20)8-9-15(18)21-2/h3-7,13-14H,8-10H2,1-2H3/t13-,14-/m1/s1. The molecular formula is C15H19NO5. The predicted molar refractivity (Wildman–Crippen MR) is 76.5 cm³/mol. The van der Waals surface area contributed by atoms with E-state index in [1.807, 2.05) is 6.07 Å². The number of ketones is 1. The van der Waals surface area contributed by atoms with Crippen LogP contribution in [0.4, 0.5) is 0 Å². The molecule has 0 unspecified atom stereocenters. The number of carbonyl (C=O) groups excluding carboxylic acids is 2. The summed E-state index contributed by atoms with van der Waals surface area (Å²) in [6.45, 7) is 1.41. The quantitative estimate of drug-likeness (QED) is 0.417. The number of Topliss-reactive ketones (excluding diaryl/α,β-unsaturated/α-hetero) is 1. The van der Waals surface area contributed by atoms with Crippen LogP contribution < -0.4 is 0 Å². The van der Waals surface area contributed by atoms with Crippen molar-refractivity contribution < 1.29 is 19.2 Å². The Morgan fingerprint density at radius 2 is 1.90 bits per heavy atom. The van der Waals surface area contributed by atoms with E-state index in [-0.39, 0.29) is 25.0 Å². The first kappa shape index (κ1) is 16.8. The van der Waals surface area contributed by atoms with E-state index < -0.39 is 22.9 Å². The smallest absolute Gasteiger partial charge is 0.305 e. The van der Waals surface area contributed by atoms with E-state index in [4.69, 9.17) is 0 Å². The van der Waals surface area contributed by atoms with Crippen LogP contribution in [0.2, 0.25) is 0 Å². The Labute approximate surface area is 123 Å². The minimum Gasteiger partial charge on any atom is -0.469 e. The molecule has 0 aliphatic rings. The van der Waals surface area contributed by atoms with Gasteiger partial charge in [0.2, 0.25) is 6.04 Å². The van der Waals surface area contributed by atoms with E-state index in [1.165, 1.54) is 14.0 Å². The minimum absolute atomic E-state index is 0.0383. The van der Waals surface area contributed by atoms with Gasteiger partial charge in [0.15, 0.2) is 0 Å². The maximum absolute atomic E-state index is 11.4. The molecule has 21 heavy (non-hydrogen) atoms. The molecule has 0 aliphatic carbocycles. The molecule has 0 saturated carbocycles. The van der Waals surface area contributed by atoms with Gasteiger partial charge in [0, 0.05) is 17.8 Å². The van der Waals surface area contributed by atoms with E-state index in [9.17, 15) is 19.7 Å². The highest BCUT2D eigenvalue weighted by Gasteiger charge is 2.34. The van der Waals surface area contributed by atoms with Gasteiger partial charge in [-0.2, -0.15) is 0 Å². The van der Waals surface area contributed by atoms with Gasteiger partial charge < -0.3 is 9.53 Å². The maximum atomic E-state index is 11.4. The van der Waals surface area contributed by atoms with E-state index in [0.717, 1.165) is 5.56 Å². The largest absolute Gasteiger partial charge is 0.469 e. The van der Waals surface area contributed by atoms with E-state index in [0.29, 0.717) is 0 Å². The number of nitro groups is 1. The van der Waals surface area contributed by atoms with Crippen LogP contribution in [0.15, 0.2) is 30.3 Å². The summed E-state index contributed by atoms with van der Waals surface area (Å²) in [5.41, 5.74) is 0.735. The van der Waals surface area contributed by atoms with Crippen LogP contribution in [0, 0.1) is 10.1 Å². The molecule has 0 aromatic heterocycles. The van der Waals surface area contributed by atoms with Gasteiger partial charge in [-0.15, -0.1) is 0 Å². The van der Waals surface area contributed by atoms with Crippen LogP contribution in [-0.2, 0) is 14.3 Å². The van der Waals surface area contributed by atoms with Crippen molar-refractivity contribution in [3.05, 3.63) is 46.0 Å². The lowest BCUT2D eigenvalue weighted by Gasteiger charge is -2.20. The molecule has 6 nitrogen and oxygen atoms in total. The highest BCUT2D eigenvalue weighted by Crippen LogP contribution is 2.28. The van der Waals surface area contributed by atoms with Gasteiger partial charge in [0.05, 0.1) is 19.4 Å². The molecule has 1 aromatic carbocycles. The molecular weight excluding hydrogens is 274 g/mol. The van der Waals surface area contributed by atoms with Gasteiger partial charge in [-0.25, -0.2) is 0 Å². The molecule has 114 valence electrons. The van der Waals surface area contributed by atoms with Gasteiger partial charge >= 0.3 is 5.97 Å². The second-order valence-electron chi connectivity index (χ2n) is 4.89. The number of nitrogens with zero attached hydrogens (tertiary/aromatic N) is 1. The summed E-state index contributed by atoms with van der Waals surface area (Å²) in [6, 6.07) is 7.91. The molecule has 0 saturated heterocycles. The van der Waals surface area contributed by atoms with Crippen molar-refractivity contribution in [2.45, 2.75) is 38.1 Å². The molecule has 0 heterocycles. The van der Waals surface area contributed by atoms with Crippen molar-refractivity contribution in [1.82, 2.24) is 0 Å². The van der Waals surface area contributed by atoms with Crippen LogP contribution in [0.1, 0.15) is 37.7 Å². The number of carbonyl (C=O) groups is 2. The molecule has 0 N–H and O–H groups in total. The average molecular weight is 293 g/mol. The Morgan fingerprint density at radius 3 is 2.38 bits per heavy atom. The first-order chi connectivity index (χ1) is 9.95. The van der Waals surface area contributed by atoms with E-state index >= 15 is 0 Å². The van der Waals surface area contributed by atoms with Crippen LogP contribution in [0.3, 0.4) is 0 Å². The van der Waals surface area contributed by atoms with E-state index in [2.05, 4.69) is 4.74 Å². The van der Waals surface area contributed by atoms with Crippen molar-refractivity contribution in [3.8, 4) is 0 Å². The highest BCUT2D eigenvalue weighted by atomic mass is 16.6. The zero-order valence-electron chi connectivity index (χ0n) is 12.2. The number of esters is 1. The van der Waals surface area contributed by atoms with Crippen molar-refractivity contribution >= 4 is 11.8 Å². The summed E-state index contributed by atoms with van der Waals surface area (Å²) < 4.78 is 4.52. The van der Waals surface area contributed by atoms with Gasteiger partial charge in [0.25, 0.3) is 0 Å². The zero-order valence-corrected chi connectivity index (χ0v) is 12.2. The van der Waals surface area contributed by atoms with Gasteiger partial charge in [0.1, 0.15) is 5.78 Å². The Bertz CT molecular complexity index is 500. The number of benzene rings is 1. The fourth-order valence-corrected chi connectivity index (χ4v) is 2.31. The number of ether oxygens (including phenoxy) is 1. The van der Waals surface area contributed by atoms with Crippen molar-refractivity contribution in [2.24, 2.45) is 0 Å². The van der Waals surface area contributed by atoms with Crippen LogP contribution in [0.25, 0.3) is 0 Å². The monoisotopic (exact) mass is 293 g/mol. The molecule has 0 radical (unpaired) electrons. The molecule has 0 fully saturated rings. The second-order valence-corrected chi connectivity index (χ2v) is 4.89. The van der Waals surface area contributed by atoms with Crippen LogP contribution in [-0.4, -0.2) is 29.8 Å². The third kappa shape index (κ3) is 5.33. The number of hydrogen-bond donors (Lipinski definition) is 0. The molecule has 0 bridgehead atoms. The van der Waals surface area contributed by atoms with Gasteiger partial charge in [-0.3, -0.25) is 14.9 Å². The molecule has 6 heteroatoms. The predicted octanol–water partition coefficient (Wildman–Crippen LogP) is 2.35. The molecule has 0 spiro atoms. The molecule has 2 atom stereocenters. The highest BCUT2D eigenvalue weighted by molar-refractivity contribution is 5.76. The maximum Gasteiger partial charge on any atom is 0.305 e. The van der Waals surface area contributed by atoms with Gasteiger partial charge in [-0.1, -0.05) is 30.3 Å². The fourth-order valence-electron chi connectivity index (χ4n) is 2.31. The average Bonchev–Trinajstić information content (AvgIpc) is 2.46. The Hall–Kier alpha value is -2.24. The first-order valence-corrected chi connectivity index (χ1v) is 6.70. The zero-order chi connectivity index (χ0) is 15.8. The summed E-state index contributed by atoms with van der Waals surface area (Å²) in [7, 11) is 1.24. The normalized spacial score (nSPS) is 13.2. The molecule has 1 aromatic rings. The van der Waals surface area contributed by atoms with E-state index in [1.54, 1.807) is 24.3 Å². The number of methoxy groups -OCH3 is 1. The van der Waals surface area contributed by atoms with Crippen molar-refractivity contribution in [2.75, 3.05) is 7.11 Å². The topological polar surface area (TPSA) is 86.5 Å². The van der Waals surface area contributed by atoms with Crippen molar-refractivity contribution in [3.63, 3.8) is 0 Å². The summed E-state index contributed by atoms with van der Waals surface area (Å²) in [5.74, 6) is -1.14. The lowest BCUT2D eigenvalue weighted by Crippen LogP contribution is -2.30. The van der Waals surface area contributed by atoms with Crippen LogP contribution in [0.5, 0.6) is 0 Å². The Kier molecular flexibility index (Phi) is 6.52. The van der Waals surface area contributed by atoms with Gasteiger partial charge in [-0.05, 0) is 12.5 Å². The minimum atomic E-state index is -0.990. The third-order valence-electron chi connectivity index (χ3n) is 3.34. The molecule has 0 aliphatic heterocycles. The third-order valence-corrected chi connectivity index (χ3v) is 3.34. The summed E-state index contributed by atoms with van der Waals surface area (Å²) in [5, 5.41) is 11.3. The number of hydrogen-bond acceptors (Lipinski definition) is 5. The first-order valence-electron chi connectivity index (χ1n) is 6.70. The van der Waals surface area contributed by atoms with Crippen molar-refractivity contribution in [1.29, 1.82) is 0 Å². The lowest BCUT2D eigenvalue weighted by molar-refractivity contribution is -0.527. The number of rotatable bonds is 8. The van der Waals surface area contributed by atoms with Crippen LogP contribution >= 0.6 is 0 Å². The molecule has 1 rings (SSSR count). The SMILES string of the molecule is COC(=O)CC[C@H]([C@H](CC(C)=O)c1ccccc1)[N+](=O)[O-]. The Balaban J connectivity index is 2.98.